The second-order valence-electron chi connectivity index (χ2n) is 14.9. The van der Waals surface area contributed by atoms with Crippen LogP contribution in [0.25, 0.3) is 77.3 Å². The molecule has 0 atom stereocenters. The number of hydrogen-bond acceptors (Lipinski definition) is 2. The fraction of sp³-hybridized carbons (Fsp3) is 0.0182. The van der Waals surface area contributed by atoms with Crippen LogP contribution in [0.3, 0.4) is 0 Å². The quantitative estimate of drug-likeness (QED) is 0.162. The summed E-state index contributed by atoms with van der Waals surface area (Å²) in [6, 6.07) is 69.3. The zero-order valence-corrected chi connectivity index (χ0v) is 31.8. The Morgan fingerprint density at radius 2 is 0.966 bits per heavy atom. The first-order valence-corrected chi connectivity index (χ1v) is 19.9. The number of nitrogens with zero attached hydrogens (tertiary/aromatic N) is 2. The highest BCUT2D eigenvalue weighted by Gasteiger charge is 2.17. The van der Waals surface area contributed by atoms with Gasteiger partial charge in [0.2, 0.25) is 0 Å². The number of para-hydroxylation sites is 4. The fourth-order valence-electron chi connectivity index (χ4n) is 8.67. The van der Waals surface area contributed by atoms with Crippen LogP contribution in [0.2, 0.25) is 0 Å². The molecule has 0 saturated carbocycles. The average molecular weight is 743 g/mol. The SMILES string of the molecule is C1=CC(c2ccc(N(c3ccc(-c4ccccc4)cc3)c3ccc(-c4cccc5c4oc4ccccc45)cc3)cc2)=CCC(n2c3ccccc3c3ccccc32)=C1. The lowest BCUT2D eigenvalue weighted by Crippen LogP contribution is -2.10. The highest BCUT2D eigenvalue weighted by molar-refractivity contribution is 6.11. The Balaban J connectivity index is 0.933. The molecule has 274 valence electrons. The van der Waals surface area contributed by atoms with E-state index in [2.05, 4.69) is 216 Å². The van der Waals surface area contributed by atoms with Crippen LogP contribution in [0.15, 0.2) is 223 Å². The minimum atomic E-state index is 0.820. The van der Waals surface area contributed by atoms with Gasteiger partial charge >= 0.3 is 0 Å². The average Bonchev–Trinajstić information content (AvgIpc) is 3.73. The van der Waals surface area contributed by atoms with Gasteiger partial charge in [-0.3, -0.25) is 0 Å². The molecule has 0 N–H and O–H groups in total. The number of aromatic nitrogens is 1. The second-order valence-corrected chi connectivity index (χ2v) is 14.9. The maximum atomic E-state index is 6.41. The van der Waals surface area contributed by atoms with Gasteiger partial charge in [0.25, 0.3) is 0 Å². The Bertz CT molecular complexity index is 3160. The molecule has 2 aromatic heterocycles. The van der Waals surface area contributed by atoms with Crippen LogP contribution < -0.4 is 4.90 Å². The predicted octanol–water partition coefficient (Wildman–Crippen LogP) is 15.4. The van der Waals surface area contributed by atoms with Gasteiger partial charge in [-0.05, 0) is 88.5 Å². The highest BCUT2D eigenvalue weighted by Crippen LogP contribution is 2.40. The molecule has 0 saturated heterocycles. The molecule has 0 spiro atoms. The van der Waals surface area contributed by atoms with Crippen molar-refractivity contribution in [1.29, 1.82) is 0 Å². The largest absolute Gasteiger partial charge is 0.455 e. The summed E-state index contributed by atoms with van der Waals surface area (Å²) >= 11 is 0. The number of anilines is 3. The second kappa shape index (κ2) is 14.1. The van der Waals surface area contributed by atoms with Crippen molar-refractivity contribution in [2.45, 2.75) is 6.42 Å². The minimum absolute atomic E-state index is 0.820. The molecular formula is C55H38N2O. The lowest BCUT2D eigenvalue weighted by Gasteiger charge is -2.26. The van der Waals surface area contributed by atoms with E-state index in [1.807, 2.05) is 12.1 Å². The van der Waals surface area contributed by atoms with E-state index >= 15 is 0 Å². The molecule has 10 aromatic rings. The molecule has 1 aliphatic rings. The van der Waals surface area contributed by atoms with E-state index in [0.29, 0.717) is 0 Å². The highest BCUT2D eigenvalue weighted by atomic mass is 16.3. The standard InChI is InChI=1S/C55H38N2O/c1-2-12-38(13-3-1)40-25-32-44(33-26-40)56(46-36-29-42(30-37-46)47-19-11-20-51-50-18-6-9-23-54(50)58-55(47)51)45-34-27-41(28-35-45)39-14-10-15-43(31-24-39)57-52-21-7-4-16-48(52)49-17-5-8-22-53(49)57/h1-30,32-37H,31H2. The van der Waals surface area contributed by atoms with Gasteiger partial charge < -0.3 is 13.9 Å². The number of benzene rings is 8. The topological polar surface area (TPSA) is 21.3 Å². The van der Waals surface area contributed by atoms with Crippen LogP contribution >= 0.6 is 0 Å². The zero-order valence-electron chi connectivity index (χ0n) is 31.8. The maximum absolute atomic E-state index is 6.41. The monoisotopic (exact) mass is 742 g/mol. The summed E-state index contributed by atoms with van der Waals surface area (Å²) in [5.74, 6) is 0. The summed E-state index contributed by atoms with van der Waals surface area (Å²) in [6.07, 6.45) is 9.86. The Labute approximate surface area is 337 Å². The predicted molar refractivity (Wildman–Crippen MR) is 245 cm³/mol. The van der Waals surface area contributed by atoms with Gasteiger partial charge in [-0.2, -0.15) is 0 Å². The van der Waals surface area contributed by atoms with Crippen molar-refractivity contribution >= 4 is 72.1 Å². The first-order valence-electron chi connectivity index (χ1n) is 19.9. The Morgan fingerprint density at radius 3 is 1.64 bits per heavy atom. The summed E-state index contributed by atoms with van der Waals surface area (Å²) in [7, 11) is 0. The fourth-order valence-corrected chi connectivity index (χ4v) is 8.67. The van der Waals surface area contributed by atoms with Crippen molar-refractivity contribution in [1.82, 2.24) is 4.57 Å². The Kier molecular flexibility index (Phi) is 8.22. The number of hydrogen-bond donors (Lipinski definition) is 0. The lowest BCUT2D eigenvalue weighted by molar-refractivity contribution is 0.670. The van der Waals surface area contributed by atoms with E-state index in [-0.39, 0.29) is 0 Å². The zero-order chi connectivity index (χ0) is 38.4. The molecule has 8 aromatic carbocycles. The summed E-state index contributed by atoms with van der Waals surface area (Å²) in [5, 5.41) is 4.84. The molecule has 0 unspecified atom stereocenters. The summed E-state index contributed by atoms with van der Waals surface area (Å²) < 4.78 is 8.82. The van der Waals surface area contributed by atoms with Gasteiger partial charge in [0.15, 0.2) is 0 Å². The van der Waals surface area contributed by atoms with Crippen molar-refractivity contribution in [3.63, 3.8) is 0 Å². The molecule has 3 nitrogen and oxygen atoms in total. The molecule has 3 heteroatoms. The van der Waals surface area contributed by atoms with E-state index < -0.39 is 0 Å². The van der Waals surface area contributed by atoms with E-state index in [4.69, 9.17) is 4.42 Å². The molecular weight excluding hydrogens is 705 g/mol. The first kappa shape index (κ1) is 33.7. The van der Waals surface area contributed by atoms with Crippen molar-refractivity contribution in [3.05, 3.63) is 224 Å². The van der Waals surface area contributed by atoms with Gasteiger partial charge in [0.05, 0.1) is 11.0 Å². The van der Waals surface area contributed by atoms with E-state index in [1.165, 1.54) is 49.8 Å². The van der Waals surface area contributed by atoms with Crippen LogP contribution in [0, 0.1) is 0 Å². The van der Waals surface area contributed by atoms with Crippen molar-refractivity contribution in [3.8, 4) is 22.3 Å². The van der Waals surface area contributed by atoms with Crippen LogP contribution in [0.5, 0.6) is 0 Å². The normalized spacial score (nSPS) is 12.9. The Morgan fingerprint density at radius 1 is 0.431 bits per heavy atom. The number of rotatable bonds is 7. The van der Waals surface area contributed by atoms with Gasteiger partial charge in [0, 0.05) is 56.3 Å². The van der Waals surface area contributed by atoms with Gasteiger partial charge in [0.1, 0.15) is 11.2 Å². The molecule has 0 aliphatic heterocycles. The molecule has 0 bridgehead atoms. The molecule has 0 radical (unpaired) electrons. The van der Waals surface area contributed by atoms with E-state index in [1.54, 1.807) is 0 Å². The Hall–Kier alpha value is -7.62. The molecule has 1 aliphatic carbocycles. The van der Waals surface area contributed by atoms with Crippen molar-refractivity contribution in [2.75, 3.05) is 4.90 Å². The number of allylic oxidation sites excluding steroid dienone is 6. The maximum Gasteiger partial charge on any atom is 0.143 e. The number of furan rings is 1. The van der Waals surface area contributed by atoms with Crippen molar-refractivity contribution < 1.29 is 4.42 Å². The van der Waals surface area contributed by atoms with Crippen LogP contribution in [0.4, 0.5) is 17.1 Å². The number of fused-ring (bicyclic) bond motifs is 6. The summed E-state index contributed by atoms with van der Waals surface area (Å²) in [6.45, 7) is 0. The third-order valence-electron chi connectivity index (χ3n) is 11.5. The summed E-state index contributed by atoms with van der Waals surface area (Å²) in [5.41, 5.74) is 15.8. The van der Waals surface area contributed by atoms with Gasteiger partial charge in [-0.1, -0.05) is 158 Å². The lowest BCUT2D eigenvalue weighted by atomic mass is 10.0. The van der Waals surface area contributed by atoms with Crippen molar-refractivity contribution in [2.24, 2.45) is 0 Å². The smallest absolute Gasteiger partial charge is 0.143 e. The van der Waals surface area contributed by atoms with Crippen LogP contribution in [-0.4, -0.2) is 4.57 Å². The molecule has 11 rings (SSSR count). The third kappa shape index (κ3) is 5.84. The minimum Gasteiger partial charge on any atom is -0.455 e. The molecule has 58 heavy (non-hydrogen) atoms. The third-order valence-corrected chi connectivity index (χ3v) is 11.5. The first-order chi connectivity index (χ1) is 28.8. The van der Waals surface area contributed by atoms with Crippen LogP contribution in [-0.2, 0) is 0 Å². The summed E-state index contributed by atoms with van der Waals surface area (Å²) in [4.78, 5) is 2.34. The van der Waals surface area contributed by atoms with E-state index in [0.717, 1.165) is 56.5 Å². The van der Waals surface area contributed by atoms with E-state index in [9.17, 15) is 0 Å². The van der Waals surface area contributed by atoms with Gasteiger partial charge in [-0.15, -0.1) is 0 Å². The van der Waals surface area contributed by atoms with Gasteiger partial charge in [-0.25, -0.2) is 0 Å². The molecule has 2 heterocycles. The molecule has 0 amide bonds. The molecule has 0 fully saturated rings. The van der Waals surface area contributed by atoms with Crippen LogP contribution in [0.1, 0.15) is 12.0 Å².